The highest BCUT2D eigenvalue weighted by atomic mass is 16.5. The van der Waals surface area contributed by atoms with E-state index in [-0.39, 0.29) is 12.1 Å². The maximum atomic E-state index is 12.0. The monoisotopic (exact) mass is 235 g/mol. The summed E-state index contributed by atoms with van der Waals surface area (Å²) in [5, 5.41) is 4.12. The third-order valence-electron chi connectivity index (χ3n) is 2.33. The Balaban J connectivity index is 2.39. The van der Waals surface area contributed by atoms with Gasteiger partial charge in [-0.15, -0.1) is 0 Å². The fourth-order valence-electron chi connectivity index (χ4n) is 1.62. The van der Waals surface area contributed by atoms with E-state index in [1.54, 1.807) is 19.2 Å². The van der Waals surface area contributed by atoms with Gasteiger partial charge in [0.1, 0.15) is 12.1 Å². The summed E-state index contributed by atoms with van der Waals surface area (Å²) in [7, 11) is 0. The molecule has 0 unspecified atom stereocenters. The van der Waals surface area contributed by atoms with E-state index in [0.717, 1.165) is 5.69 Å². The second-order valence-corrected chi connectivity index (χ2v) is 3.65. The molecule has 6 heteroatoms. The van der Waals surface area contributed by atoms with Gasteiger partial charge in [-0.1, -0.05) is 0 Å². The Morgan fingerprint density at radius 1 is 1.47 bits per heavy atom. The third kappa shape index (κ3) is 2.20. The molecule has 2 aromatic heterocycles. The molecule has 0 aliphatic heterocycles. The maximum Gasteiger partial charge on any atom is 0.326 e. The zero-order chi connectivity index (χ0) is 12.4. The van der Waals surface area contributed by atoms with Crippen molar-refractivity contribution in [2.45, 2.75) is 20.4 Å². The SMILES string of the molecule is CCOC(=O)Cn1ccn2nc(C)cc2c1=O. The molecule has 2 rings (SSSR count). The Hall–Kier alpha value is -2.11. The van der Waals surface area contributed by atoms with E-state index >= 15 is 0 Å². The number of hydrogen-bond donors (Lipinski definition) is 0. The molecule has 0 atom stereocenters. The molecule has 0 bridgehead atoms. The molecule has 0 spiro atoms. The predicted octanol–water partition coefficient (Wildman–Crippen LogP) is 0.368. The average Bonchev–Trinajstić information content (AvgIpc) is 2.64. The van der Waals surface area contributed by atoms with E-state index in [2.05, 4.69) is 5.10 Å². The van der Waals surface area contributed by atoms with Crippen molar-refractivity contribution in [2.75, 3.05) is 6.61 Å². The van der Waals surface area contributed by atoms with Crippen LogP contribution in [0.25, 0.3) is 5.52 Å². The van der Waals surface area contributed by atoms with Gasteiger partial charge < -0.3 is 9.30 Å². The summed E-state index contributed by atoms with van der Waals surface area (Å²) in [5.41, 5.74) is 0.964. The molecule has 0 aliphatic rings. The highest BCUT2D eigenvalue weighted by Crippen LogP contribution is 1.99. The first-order valence-electron chi connectivity index (χ1n) is 5.33. The van der Waals surface area contributed by atoms with Gasteiger partial charge in [0.15, 0.2) is 0 Å². The van der Waals surface area contributed by atoms with Gasteiger partial charge in [-0.2, -0.15) is 5.10 Å². The van der Waals surface area contributed by atoms with Crippen molar-refractivity contribution in [1.82, 2.24) is 14.2 Å². The van der Waals surface area contributed by atoms with Gasteiger partial charge in [0.05, 0.1) is 12.3 Å². The third-order valence-corrected chi connectivity index (χ3v) is 2.33. The van der Waals surface area contributed by atoms with Crippen LogP contribution in [0.15, 0.2) is 23.3 Å². The summed E-state index contributed by atoms with van der Waals surface area (Å²) in [6.45, 7) is 3.77. The predicted molar refractivity (Wildman–Crippen MR) is 60.8 cm³/mol. The van der Waals surface area contributed by atoms with Crippen molar-refractivity contribution >= 4 is 11.5 Å². The molecular formula is C11H13N3O3. The Bertz CT molecular complexity index is 612. The van der Waals surface area contributed by atoms with E-state index < -0.39 is 5.97 Å². The summed E-state index contributed by atoms with van der Waals surface area (Å²) in [6.07, 6.45) is 3.17. The lowest BCUT2D eigenvalue weighted by atomic mass is 10.4. The summed E-state index contributed by atoms with van der Waals surface area (Å²) in [5.74, 6) is -0.421. The molecule has 0 radical (unpaired) electrons. The number of nitrogens with zero attached hydrogens (tertiary/aromatic N) is 3. The molecule has 2 aromatic rings. The zero-order valence-electron chi connectivity index (χ0n) is 9.71. The number of fused-ring (bicyclic) bond motifs is 1. The van der Waals surface area contributed by atoms with Crippen molar-refractivity contribution in [3.63, 3.8) is 0 Å². The lowest BCUT2D eigenvalue weighted by molar-refractivity contribution is -0.143. The second-order valence-electron chi connectivity index (χ2n) is 3.65. The van der Waals surface area contributed by atoms with Gasteiger partial charge in [-0.3, -0.25) is 9.59 Å². The number of rotatable bonds is 3. The minimum Gasteiger partial charge on any atom is -0.465 e. The standard InChI is InChI=1S/C11H13N3O3/c1-3-17-10(15)7-13-4-5-14-9(11(13)16)6-8(2)12-14/h4-6H,3,7H2,1-2H3. The van der Waals surface area contributed by atoms with E-state index in [1.165, 1.54) is 15.3 Å². The van der Waals surface area contributed by atoms with Gasteiger partial charge in [0, 0.05) is 12.4 Å². The van der Waals surface area contributed by atoms with Crippen LogP contribution in [-0.2, 0) is 16.1 Å². The van der Waals surface area contributed by atoms with Crippen LogP contribution in [0.3, 0.4) is 0 Å². The van der Waals surface area contributed by atoms with Crippen LogP contribution in [0.2, 0.25) is 0 Å². The topological polar surface area (TPSA) is 65.6 Å². The highest BCUT2D eigenvalue weighted by molar-refractivity contribution is 5.69. The van der Waals surface area contributed by atoms with Gasteiger partial charge in [0.25, 0.3) is 5.56 Å². The molecule has 0 saturated carbocycles. The molecule has 0 amide bonds. The average molecular weight is 235 g/mol. The fourth-order valence-corrected chi connectivity index (χ4v) is 1.62. The Labute approximate surface area is 97.4 Å². The summed E-state index contributed by atoms with van der Waals surface area (Å²) in [6, 6.07) is 1.68. The van der Waals surface area contributed by atoms with Gasteiger partial charge in [-0.05, 0) is 19.9 Å². The molecule has 6 nitrogen and oxygen atoms in total. The fraction of sp³-hybridized carbons (Fsp3) is 0.364. The Morgan fingerprint density at radius 2 is 2.24 bits per heavy atom. The van der Waals surface area contributed by atoms with Crippen molar-refractivity contribution < 1.29 is 9.53 Å². The highest BCUT2D eigenvalue weighted by Gasteiger charge is 2.08. The maximum absolute atomic E-state index is 12.0. The summed E-state index contributed by atoms with van der Waals surface area (Å²) >= 11 is 0. The number of ether oxygens (including phenoxy) is 1. The van der Waals surface area contributed by atoms with Crippen LogP contribution in [0.1, 0.15) is 12.6 Å². The first-order valence-corrected chi connectivity index (χ1v) is 5.33. The van der Waals surface area contributed by atoms with Crippen molar-refractivity contribution in [1.29, 1.82) is 0 Å². The minimum absolute atomic E-state index is 0.0760. The molecule has 0 saturated heterocycles. The van der Waals surface area contributed by atoms with E-state index in [9.17, 15) is 9.59 Å². The number of aryl methyl sites for hydroxylation is 1. The molecular weight excluding hydrogens is 222 g/mol. The minimum atomic E-state index is -0.421. The van der Waals surface area contributed by atoms with Crippen LogP contribution in [-0.4, -0.2) is 26.8 Å². The quantitative estimate of drug-likeness (QED) is 0.721. The van der Waals surface area contributed by atoms with E-state index in [1.807, 2.05) is 6.92 Å². The summed E-state index contributed by atoms with van der Waals surface area (Å²) in [4.78, 5) is 23.3. The lowest BCUT2D eigenvalue weighted by Gasteiger charge is -2.05. The van der Waals surface area contributed by atoms with Crippen LogP contribution >= 0.6 is 0 Å². The van der Waals surface area contributed by atoms with Gasteiger partial charge in [0.2, 0.25) is 0 Å². The first kappa shape index (κ1) is 11.4. The van der Waals surface area contributed by atoms with Crippen LogP contribution < -0.4 is 5.56 Å². The number of hydrogen-bond acceptors (Lipinski definition) is 4. The molecule has 0 aromatic carbocycles. The normalized spacial score (nSPS) is 10.7. The van der Waals surface area contributed by atoms with Crippen molar-refractivity contribution in [3.05, 3.63) is 34.5 Å². The second kappa shape index (κ2) is 4.40. The van der Waals surface area contributed by atoms with Crippen LogP contribution in [0, 0.1) is 6.92 Å². The Kier molecular flexibility index (Phi) is 2.95. The van der Waals surface area contributed by atoms with Crippen molar-refractivity contribution in [3.8, 4) is 0 Å². The van der Waals surface area contributed by atoms with Gasteiger partial charge >= 0.3 is 5.97 Å². The smallest absolute Gasteiger partial charge is 0.326 e. The van der Waals surface area contributed by atoms with E-state index in [4.69, 9.17) is 4.74 Å². The first-order chi connectivity index (χ1) is 8.11. The van der Waals surface area contributed by atoms with E-state index in [0.29, 0.717) is 12.1 Å². The largest absolute Gasteiger partial charge is 0.465 e. The van der Waals surface area contributed by atoms with Crippen LogP contribution in [0.5, 0.6) is 0 Å². The summed E-state index contributed by atoms with van der Waals surface area (Å²) < 4.78 is 7.61. The number of esters is 1. The molecule has 0 fully saturated rings. The number of carbonyl (C=O) groups is 1. The van der Waals surface area contributed by atoms with Gasteiger partial charge in [-0.25, -0.2) is 4.52 Å². The van der Waals surface area contributed by atoms with Crippen LogP contribution in [0.4, 0.5) is 0 Å². The molecule has 0 aliphatic carbocycles. The van der Waals surface area contributed by atoms with Crippen molar-refractivity contribution in [2.24, 2.45) is 0 Å². The lowest BCUT2D eigenvalue weighted by Crippen LogP contribution is -2.26. The number of aromatic nitrogens is 3. The number of carbonyl (C=O) groups excluding carboxylic acids is 1. The molecule has 17 heavy (non-hydrogen) atoms. The molecule has 90 valence electrons. The Morgan fingerprint density at radius 3 is 2.94 bits per heavy atom. The molecule has 0 N–H and O–H groups in total. The molecule has 2 heterocycles. The zero-order valence-corrected chi connectivity index (χ0v) is 9.71.